The molecule has 0 unspecified atom stereocenters. The van der Waals surface area contributed by atoms with Gasteiger partial charge < -0.3 is 9.47 Å². The van der Waals surface area contributed by atoms with Crippen LogP contribution in [0.1, 0.15) is 11.3 Å². The standard InChI is InChI=1S/C20H17Cl2N5O2/c1-27-10-11(8-24-27)4-5-13-12-9-23-15(6-14(12)26-25-13)18-19(21)16(28-2)7-17(29-3)20(18)22/h4-10H,1-3H3,(H,25,26). The third-order valence-corrected chi connectivity index (χ3v) is 5.22. The molecule has 29 heavy (non-hydrogen) atoms. The second kappa shape index (κ2) is 7.77. The Morgan fingerprint density at radius 2 is 1.76 bits per heavy atom. The second-order valence-electron chi connectivity index (χ2n) is 6.29. The average Bonchev–Trinajstić information content (AvgIpc) is 3.32. The number of aromatic amines is 1. The van der Waals surface area contributed by atoms with Gasteiger partial charge >= 0.3 is 0 Å². The maximum atomic E-state index is 6.50. The van der Waals surface area contributed by atoms with Crippen molar-refractivity contribution in [2.45, 2.75) is 0 Å². The van der Waals surface area contributed by atoms with Crippen LogP contribution in [0.15, 0.2) is 30.7 Å². The molecule has 0 saturated heterocycles. The van der Waals surface area contributed by atoms with Crippen LogP contribution in [0.3, 0.4) is 0 Å². The summed E-state index contributed by atoms with van der Waals surface area (Å²) in [7, 11) is 4.94. The van der Waals surface area contributed by atoms with Gasteiger partial charge in [-0.1, -0.05) is 23.2 Å². The molecule has 0 atom stereocenters. The van der Waals surface area contributed by atoms with E-state index < -0.39 is 0 Å². The molecule has 0 spiro atoms. The van der Waals surface area contributed by atoms with Crippen molar-refractivity contribution < 1.29 is 9.47 Å². The van der Waals surface area contributed by atoms with E-state index in [1.165, 1.54) is 14.2 Å². The summed E-state index contributed by atoms with van der Waals surface area (Å²) in [6.45, 7) is 0. The molecule has 0 aliphatic carbocycles. The molecular weight excluding hydrogens is 413 g/mol. The Morgan fingerprint density at radius 1 is 1.03 bits per heavy atom. The van der Waals surface area contributed by atoms with E-state index in [2.05, 4.69) is 20.3 Å². The molecule has 3 heterocycles. The van der Waals surface area contributed by atoms with Crippen molar-refractivity contribution in [2.75, 3.05) is 14.2 Å². The Hall–Kier alpha value is -3.03. The van der Waals surface area contributed by atoms with Gasteiger partial charge in [-0.25, -0.2) is 0 Å². The molecule has 0 radical (unpaired) electrons. The molecular formula is C20H17Cl2N5O2. The van der Waals surface area contributed by atoms with E-state index in [1.807, 2.05) is 31.5 Å². The largest absolute Gasteiger partial charge is 0.495 e. The zero-order chi connectivity index (χ0) is 20.5. The molecule has 0 aliphatic rings. The Balaban J connectivity index is 1.77. The van der Waals surface area contributed by atoms with Crippen LogP contribution >= 0.6 is 23.2 Å². The highest BCUT2D eigenvalue weighted by atomic mass is 35.5. The summed E-state index contributed by atoms with van der Waals surface area (Å²) in [6, 6.07) is 3.49. The van der Waals surface area contributed by atoms with Crippen molar-refractivity contribution in [3.8, 4) is 22.8 Å². The van der Waals surface area contributed by atoms with E-state index in [-0.39, 0.29) is 0 Å². The fourth-order valence-corrected chi connectivity index (χ4v) is 3.70. The Morgan fingerprint density at radius 3 is 2.38 bits per heavy atom. The van der Waals surface area contributed by atoms with Crippen molar-refractivity contribution in [1.82, 2.24) is 25.0 Å². The number of hydrogen-bond donors (Lipinski definition) is 1. The van der Waals surface area contributed by atoms with Crippen LogP contribution in [-0.4, -0.2) is 39.2 Å². The van der Waals surface area contributed by atoms with Gasteiger partial charge in [-0.3, -0.25) is 14.8 Å². The number of aromatic nitrogens is 5. The number of fused-ring (bicyclic) bond motifs is 1. The number of nitrogens with one attached hydrogen (secondary N) is 1. The number of methoxy groups -OCH3 is 2. The van der Waals surface area contributed by atoms with Crippen LogP contribution < -0.4 is 9.47 Å². The molecule has 9 heteroatoms. The van der Waals surface area contributed by atoms with Crippen molar-refractivity contribution in [1.29, 1.82) is 0 Å². The first-order valence-corrected chi connectivity index (χ1v) is 9.38. The number of halogens is 2. The van der Waals surface area contributed by atoms with Gasteiger partial charge in [0, 0.05) is 42.0 Å². The average molecular weight is 430 g/mol. The number of H-pyrrole nitrogens is 1. The van der Waals surface area contributed by atoms with Crippen molar-refractivity contribution >= 4 is 46.3 Å². The fourth-order valence-electron chi connectivity index (χ4n) is 3.01. The molecule has 4 aromatic rings. The Kier molecular flexibility index (Phi) is 5.17. The van der Waals surface area contributed by atoms with Gasteiger partial charge in [-0.2, -0.15) is 10.2 Å². The summed E-state index contributed by atoms with van der Waals surface area (Å²) >= 11 is 13.0. The van der Waals surface area contributed by atoms with E-state index in [0.29, 0.717) is 32.8 Å². The van der Waals surface area contributed by atoms with E-state index >= 15 is 0 Å². The van der Waals surface area contributed by atoms with E-state index in [1.54, 1.807) is 23.1 Å². The van der Waals surface area contributed by atoms with Gasteiger partial charge in [-0.15, -0.1) is 0 Å². The third kappa shape index (κ3) is 3.54. The first-order valence-electron chi connectivity index (χ1n) is 8.63. The summed E-state index contributed by atoms with van der Waals surface area (Å²) in [4.78, 5) is 4.55. The van der Waals surface area contributed by atoms with Crippen LogP contribution in [0, 0.1) is 0 Å². The van der Waals surface area contributed by atoms with Gasteiger partial charge in [0.25, 0.3) is 0 Å². The molecule has 0 fully saturated rings. The molecule has 148 valence electrons. The maximum absolute atomic E-state index is 6.50. The molecule has 1 aromatic carbocycles. The van der Waals surface area contributed by atoms with E-state index in [0.717, 1.165) is 22.2 Å². The van der Waals surface area contributed by atoms with Crippen LogP contribution in [0.25, 0.3) is 34.3 Å². The predicted molar refractivity (Wildman–Crippen MR) is 115 cm³/mol. The van der Waals surface area contributed by atoms with Gasteiger partial charge in [0.05, 0.1) is 47.4 Å². The zero-order valence-corrected chi connectivity index (χ0v) is 17.4. The number of nitrogens with zero attached hydrogens (tertiary/aromatic N) is 4. The van der Waals surface area contributed by atoms with Gasteiger partial charge in [0.2, 0.25) is 0 Å². The highest BCUT2D eigenvalue weighted by molar-refractivity contribution is 6.41. The van der Waals surface area contributed by atoms with Gasteiger partial charge in [0.15, 0.2) is 0 Å². The normalized spacial score (nSPS) is 11.5. The summed E-state index contributed by atoms with van der Waals surface area (Å²) in [5, 5.41) is 13.1. The number of pyridine rings is 1. The summed E-state index contributed by atoms with van der Waals surface area (Å²) < 4.78 is 12.4. The topological polar surface area (TPSA) is 77.9 Å². The van der Waals surface area contributed by atoms with Gasteiger partial charge in [-0.05, 0) is 18.2 Å². The first kappa shape index (κ1) is 19.3. The van der Waals surface area contributed by atoms with Crippen LogP contribution in [0.2, 0.25) is 10.0 Å². The molecule has 0 amide bonds. The molecule has 7 nitrogen and oxygen atoms in total. The summed E-state index contributed by atoms with van der Waals surface area (Å²) in [6.07, 6.45) is 9.28. The first-order chi connectivity index (χ1) is 14.0. The SMILES string of the molecule is COc1cc(OC)c(Cl)c(-c2cc3[nH]nc(C=Cc4cnn(C)c4)c3cn2)c1Cl. The summed E-state index contributed by atoms with van der Waals surface area (Å²) in [5.74, 6) is 0.907. The number of benzene rings is 1. The molecule has 3 aromatic heterocycles. The lowest BCUT2D eigenvalue weighted by Gasteiger charge is -2.14. The molecule has 0 aliphatic heterocycles. The highest BCUT2D eigenvalue weighted by Gasteiger charge is 2.20. The molecule has 0 bridgehead atoms. The van der Waals surface area contributed by atoms with Gasteiger partial charge in [0.1, 0.15) is 11.5 Å². The lowest BCUT2D eigenvalue weighted by Crippen LogP contribution is -1.94. The van der Waals surface area contributed by atoms with Crippen molar-refractivity contribution in [3.05, 3.63) is 52.0 Å². The maximum Gasteiger partial charge on any atom is 0.141 e. The molecule has 1 N–H and O–H groups in total. The second-order valence-corrected chi connectivity index (χ2v) is 7.04. The van der Waals surface area contributed by atoms with Crippen LogP contribution in [0.4, 0.5) is 0 Å². The number of hydrogen-bond acceptors (Lipinski definition) is 5. The molecule has 4 rings (SSSR count). The lowest BCUT2D eigenvalue weighted by molar-refractivity contribution is 0.395. The van der Waals surface area contributed by atoms with Crippen LogP contribution in [-0.2, 0) is 7.05 Å². The van der Waals surface area contributed by atoms with Crippen molar-refractivity contribution in [3.63, 3.8) is 0 Å². The minimum atomic E-state index is 0.362. The monoisotopic (exact) mass is 429 g/mol. The van der Waals surface area contributed by atoms with E-state index in [4.69, 9.17) is 32.7 Å². The Bertz CT molecular complexity index is 1200. The molecule has 0 saturated carbocycles. The van der Waals surface area contributed by atoms with E-state index in [9.17, 15) is 0 Å². The van der Waals surface area contributed by atoms with Crippen LogP contribution in [0.5, 0.6) is 11.5 Å². The number of aryl methyl sites for hydroxylation is 1. The zero-order valence-electron chi connectivity index (χ0n) is 15.9. The number of rotatable bonds is 5. The minimum absolute atomic E-state index is 0.362. The Labute approximate surface area is 176 Å². The minimum Gasteiger partial charge on any atom is -0.495 e. The fraction of sp³-hybridized carbons (Fsp3) is 0.150. The predicted octanol–water partition coefficient (Wildman–Crippen LogP) is 4.85. The number of ether oxygens (including phenoxy) is 2. The quantitative estimate of drug-likeness (QED) is 0.490. The summed E-state index contributed by atoms with van der Waals surface area (Å²) in [5.41, 5.74) is 3.66. The smallest absolute Gasteiger partial charge is 0.141 e. The lowest BCUT2D eigenvalue weighted by atomic mass is 10.1. The van der Waals surface area contributed by atoms with Crippen molar-refractivity contribution in [2.24, 2.45) is 7.05 Å². The highest BCUT2D eigenvalue weighted by Crippen LogP contribution is 2.45. The third-order valence-electron chi connectivity index (χ3n) is 4.47.